The lowest BCUT2D eigenvalue weighted by Crippen LogP contribution is -1.98. The van der Waals surface area contributed by atoms with Gasteiger partial charge >= 0.3 is 0 Å². The molecule has 0 spiro atoms. The van der Waals surface area contributed by atoms with Gasteiger partial charge in [0.2, 0.25) is 0 Å². The lowest BCUT2D eigenvalue weighted by atomic mass is 10.1. The number of hydrogen-bond donors (Lipinski definition) is 0. The lowest BCUT2D eigenvalue weighted by molar-refractivity contribution is 0.101. The summed E-state index contributed by atoms with van der Waals surface area (Å²) >= 11 is 3.22. The van der Waals surface area contributed by atoms with Crippen LogP contribution in [0.5, 0.6) is 0 Å². The second kappa shape index (κ2) is 3.13. The van der Waals surface area contributed by atoms with Crippen LogP contribution in [0, 0.1) is 6.92 Å². The fourth-order valence-electron chi connectivity index (χ4n) is 0.948. The highest BCUT2D eigenvalue weighted by Crippen LogP contribution is 2.17. The van der Waals surface area contributed by atoms with Crippen molar-refractivity contribution in [2.75, 3.05) is 0 Å². The molecule has 0 N–H and O–H groups in total. The Kier molecular flexibility index (Phi) is 2.39. The molecule has 0 aromatic carbocycles. The summed E-state index contributed by atoms with van der Waals surface area (Å²) in [5, 5.41) is 0. The Labute approximate surface area is 73.8 Å². The zero-order valence-corrected chi connectivity index (χ0v) is 7.97. The molecule has 0 atom stereocenters. The van der Waals surface area contributed by atoms with Gasteiger partial charge in [0.05, 0.1) is 5.56 Å². The van der Waals surface area contributed by atoms with E-state index in [1.54, 1.807) is 6.20 Å². The summed E-state index contributed by atoms with van der Waals surface area (Å²) in [7, 11) is 0. The van der Waals surface area contributed by atoms with E-state index in [1.165, 1.54) is 6.92 Å². The number of aromatic nitrogens is 1. The first-order valence-electron chi connectivity index (χ1n) is 3.25. The number of pyridine rings is 1. The minimum atomic E-state index is 0.0440. The van der Waals surface area contributed by atoms with Crippen LogP contribution in [-0.4, -0.2) is 10.8 Å². The van der Waals surface area contributed by atoms with E-state index < -0.39 is 0 Å². The van der Waals surface area contributed by atoms with Crippen molar-refractivity contribution in [1.29, 1.82) is 0 Å². The number of carbonyl (C=O) groups excluding carboxylic acids is 1. The Morgan fingerprint density at radius 2 is 2.27 bits per heavy atom. The van der Waals surface area contributed by atoms with E-state index in [4.69, 9.17) is 0 Å². The van der Waals surface area contributed by atoms with Gasteiger partial charge in [0.15, 0.2) is 5.78 Å². The third kappa shape index (κ3) is 1.66. The van der Waals surface area contributed by atoms with Gasteiger partial charge in [0, 0.05) is 6.20 Å². The summed E-state index contributed by atoms with van der Waals surface area (Å²) in [6.45, 7) is 3.43. The number of carbonyl (C=O) groups is 1. The highest BCUT2D eigenvalue weighted by Gasteiger charge is 2.07. The number of Topliss-reactive ketones (excluding diaryl/α,β-unsaturated/α-hetero) is 1. The molecule has 0 saturated heterocycles. The van der Waals surface area contributed by atoms with Crippen molar-refractivity contribution in [3.05, 3.63) is 28.0 Å². The van der Waals surface area contributed by atoms with Gasteiger partial charge in [-0.3, -0.25) is 4.79 Å². The molecule has 2 nitrogen and oxygen atoms in total. The standard InChI is InChI=1S/C8H8BrNO/c1-5-3-4-10-8(9)7(5)6(2)11/h3-4H,1-2H3. The number of halogens is 1. The Bertz CT molecular complexity index is 276. The van der Waals surface area contributed by atoms with Crippen molar-refractivity contribution in [3.63, 3.8) is 0 Å². The quantitative estimate of drug-likeness (QED) is 0.530. The van der Waals surface area contributed by atoms with E-state index in [9.17, 15) is 4.79 Å². The largest absolute Gasteiger partial charge is 0.294 e. The Morgan fingerprint density at radius 3 is 2.64 bits per heavy atom. The molecule has 1 aromatic rings. The fraction of sp³-hybridized carbons (Fsp3) is 0.250. The highest BCUT2D eigenvalue weighted by molar-refractivity contribution is 9.10. The molecule has 0 amide bonds. The van der Waals surface area contributed by atoms with Gasteiger partial charge in [-0.25, -0.2) is 4.98 Å². The summed E-state index contributed by atoms with van der Waals surface area (Å²) in [5.74, 6) is 0.0440. The summed E-state index contributed by atoms with van der Waals surface area (Å²) in [6.07, 6.45) is 1.67. The summed E-state index contributed by atoms with van der Waals surface area (Å²) in [5.41, 5.74) is 1.63. The first-order chi connectivity index (χ1) is 5.13. The maximum atomic E-state index is 11.0. The number of rotatable bonds is 1. The molecule has 58 valence electrons. The van der Waals surface area contributed by atoms with Crippen molar-refractivity contribution < 1.29 is 4.79 Å². The van der Waals surface area contributed by atoms with Crippen LogP contribution in [0.25, 0.3) is 0 Å². The molecule has 1 aromatic heterocycles. The first-order valence-corrected chi connectivity index (χ1v) is 4.04. The van der Waals surface area contributed by atoms with Crippen LogP contribution in [0.1, 0.15) is 22.8 Å². The fourth-order valence-corrected chi connectivity index (χ4v) is 1.66. The topological polar surface area (TPSA) is 30.0 Å². The SMILES string of the molecule is CC(=O)c1c(C)ccnc1Br. The third-order valence-electron chi connectivity index (χ3n) is 1.47. The molecule has 0 aliphatic rings. The molecular weight excluding hydrogens is 206 g/mol. The average Bonchev–Trinajstić information content (AvgIpc) is 1.85. The van der Waals surface area contributed by atoms with E-state index in [1.807, 2.05) is 13.0 Å². The van der Waals surface area contributed by atoms with Gasteiger partial charge in [-0.2, -0.15) is 0 Å². The molecule has 3 heteroatoms. The smallest absolute Gasteiger partial charge is 0.162 e. The molecule has 0 fully saturated rings. The maximum Gasteiger partial charge on any atom is 0.162 e. The number of aryl methyl sites for hydroxylation is 1. The highest BCUT2D eigenvalue weighted by atomic mass is 79.9. The van der Waals surface area contributed by atoms with Crippen LogP contribution >= 0.6 is 15.9 Å². The van der Waals surface area contributed by atoms with Crippen molar-refractivity contribution in [1.82, 2.24) is 4.98 Å². The Hall–Kier alpha value is -0.700. The van der Waals surface area contributed by atoms with E-state index in [0.29, 0.717) is 10.2 Å². The second-order valence-electron chi connectivity index (χ2n) is 2.35. The van der Waals surface area contributed by atoms with Gasteiger partial charge in [-0.05, 0) is 41.4 Å². The molecule has 0 aliphatic carbocycles. The molecule has 0 radical (unpaired) electrons. The number of ketones is 1. The van der Waals surface area contributed by atoms with Crippen LogP contribution in [0.15, 0.2) is 16.9 Å². The second-order valence-corrected chi connectivity index (χ2v) is 3.10. The zero-order valence-electron chi connectivity index (χ0n) is 6.39. The molecular formula is C8H8BrNO. The van der Waals surface area contributed by atoms with Crippen molar-refractivity contribution in [2.45, 2.75) is 13.8 Å². The maximum absolute atomic E-state index is 11.0. The van der Waals surface area contributed by atoms with E-state index in [0.717, 1.165) is 5.56 Å². The van der Waals surface area contributed by atoms with Crippen molar-refractivity contribution >= 4 is 21.7 Å². The first kappa shape index (κ1) is 8.40. The molecule has 0 saturated carbocycles. The molecule has 0 bridgehead atoms. The van der Waals surface area contributed by atoms with Gasteiger partial charge in [-0.1, -0.05) is 0 Å². The van der Waals surface area contributed by atoms with Crippen LogP contribution < -0.4 is 0 Å². The van der Waals surface area contributed by atoms with E-state index in [-0.39, 0.29) is 5.78 Å². The van der Waals surface area contributed by atoms with Crippen LogP contribution in [0.3, 0.4) is 0 Å². The Morgan fingerprint density at radius 1 is 1.64 bits per heavy atom. The van der Waals surface area contributed by atoms with Gasteiger partial charge in [0.25, 0.3) is 0 Å². The molecule has 11 heavy (non-hydrogen) atoms. The molecule has 1 heterocycles. The monoisotopic (exact) mass is 213 g/mol. The van der Waals surface area contributed by atoms with E-state index in [2.05, 4.69) is 20.9 Å². The van der Waals surface area contributed by atoms with Gasteiger partial charge in [0.1, 0.15) is 4.60 Å². The molecule has 1 rings (SSSR count). The number of nitrogens with zero attached hydrogens (tertiary/aromatic N) is 1. The van der Waals surface area contributed by atoms with Crippen molar-refractivity contribution in [2.24, 2.45) is 0 Å². The number of hydrogen-bond acceptors (Lipinski definition) is 2. The summed E-state index contributed by atoms with van der Waals surface area (Å²) in [4.78, 5) is 15.0. The molecule has 0 unspecified atom stereocenters. The van der Waals surface area contributed by atoms with Gasteiger partial charge in [-0.15, -0.1) is 0 Å². The predicted octanol–water partition coefficient (Wildman–Crippen LogP) is 2.36. The normalized spacial score (nSPS) is 9.73. The Balaban J connectivity index is 3.32. The summed E-state index contributed by atoms with van der Waals surface area (Å²) in [6, 6.07) is 1.82. The average molecular weight is 214 g/mol. The van der Waals surface area contributed by atoms with Crippen LogP contribution in [0.2, 0.25) is 0 Å². The van der Waals surface area contributed by atoms with Crippen LogP contribution in [0.4, 0.5) is 0 Å². The van der Waals surface area contributed by atoms with Gasteiger partial charge < -0.3 is 0 Å². The predicted molar refractivity (Wildman–Crippen MR) is 46.7 cm³/mol. The van der Waals surface area contributed by atoms with E-state index >= 15 is 0 Å². The lowest BCUT2D eigenvalue weighted by Gasteiger charge is -2.01. The minimum Gasteiger partial charge on any atom is -0.294 e. The zero-order chi connectivity index (χ0) is 8.43. The van der Waals surface area contributed by atoms with Crippen LogP contribution in [-0.2, 0) is 0 Å². The molecule has 0 aliphatic heterocycles. The summed E-state index contributed by atoms with van der Waals surface area (Å²) < 4.78 is 0.630. The third-order valence-corrected chi connectivity index (χ3v) is 2.07. The van der Waals surface area contributed by atoms with Crippen molar-refractivity contribution in [3.8, 4) is 0 Å². The minimum absolute atomic E-state index is 0.0440.